The zero-order valence-electron chi connectivity index (χ0n) is 10.1. The quantitative estimate of drug-likeness (QED) is 0.723. The van der Waals surface area contributed by atoms with E-state index in [0.717, 1.165) is 6.42 Å². The SMILES string of the molecule is [CH]1[CH][CH][CH][CH]1.[CH]1[CH][CH][C](Cc2ccccc2)[CH]1.[Fe]. The van der Waals surface area contributed by atoms with E-state index in [1.54, 1.807) is 0 Å². The van der Waals surface area contributed by atoms with Crippen LogP contribution in [0.5, 0.6) is 0 Å². The van der Waals surface area contributed by atoms with Gasteiger partial charge in [0.2, 0.25) is 0 Å². The molecule has 3 rings (SSSR count). The molecule has 0 bridgehead atoms. The van der Waals surface area contributed by atoms with Gasteiger partial charge >= 0.3 is 0 Å². The second-order valence-electron chi connectivity index (χ2n) is 3.92. The fourth-order valence-electron chi connectivity index (χ4n) is 1.68. The summed E-state index contributed by atoms with van der Waals surface area (Å²) in [5.74, 6) is 1.39. The van der Waals surface area contributed by atoms with Gasteiger partial charge < -0.3 is 0 Å². The number of benzene rings is 1. The second kappa shape index (κ2) is 9.64. The predicted molar refractivity (Wildman–Crippen MR) is 72.1 cm³/mol. The minimum atomic E-state index is 0. The Kier molecular flexibility index (Phi) is 8.46. The average molecular weight is 276 g/mol. The monoisotopic (exact) mass is 276 g/mol. The summed E-state index contributed by atoms with van der Waals surface area (Å²) < 4.78 is 0. The Labute approximate surface area is 123 Å². The van der Waals surface area contributed by atoms with Crippen molar-refractivity contribution in [1.29, 1.82) is 0 Å². The van der Waals surface area contributed by atoms with E-state index >= 15 is 0 Å². The molecule has 18 heavy (non-hydrogen) atoms. The molecule has 2 aliphatic carbocycles. The van der Waals surface area contributed by atoms with Crippen LogP contribution >= 0.6 is 0 Å². The van der Waals surface area contributed by atoms with Crippen LogP contribution in [-0.4, -0.2) is 0 Å². The molecule has 0 aliphatic heterocycles. The van der Waals surface area contributed by atoms with Crippen LogP contribution in [0.15, 0.2) is 30.3 Å². The summed E-state index contributed by atoms with van der Waals surface area (Å²) in [5, 5.41) is 0. The first-order chi connectivity index (χ1) is 8.45. The van der Waals surface area contributed by atoms with Crippen LogP contribution in [0.2, 0.25) is 0 Å². The third kappa shape index (κ3) is 6.07. The maximum atomic E-state index is 2.16. The average Bonchev–Trinajstić information content (AvgIpc) is 3.06. The molecule has 0 heterocycles. The minimum Gasteiger partial charge on any atom is -0.0622 e. The van der Waals surface area contributed by atoms with Gasteiger partial charge in [-0.2, -0.15) is 0 Å². The molecule has 0 amide bonds. The largest absolute Gasteiger partial charge is 0.0622 e. The molecule has 0 N–H and O–H groups in total. The molecule has 0 unspecified atom stereocenters. The zero-order valence-corrected chi connectivity index (χ0v) is 11.2. The van der Waals surface area contributed by atoms with Gasteiger partial charge in [-0.15, -0.1) is 0 Å². The van der Waals surface area contributed by atoms with E-state index < -0.39 is 0 Å². The van der Waals surface area contributed by atoms with Gasteiger partial charge in [-0.05, 0) is 75.7 Å². The van der Waals surface area contributed by atoms with Gasteiger partial charge in [0, 0.05) is 17.1 Å². The first-order valence-corrected chi connectivity index (χ1v) is 5.86. The molecule has 0 nitrogen and oxygen atoms in total. The van der Waals surface area contributed by atoms with E-state index in [-0.39, 0.29) is 17.1 Å². The Bertz CT molecular complexity index is 276. The van der Waals surface area contributed by atoms with Crippen molar-refractivity contribution in [3.05, 3.63) is 99.6 Å². The number of hydrogen-bond donors (Lipinski definition) is 0. The van der Waals surface area contributed by atoms with E-state index in [1.807, 2.05) is 32.1 Å². The molecule has 92 valence electrons. The fraction of sp³-hybridized carbons (Fsp3) is 0.0588. The smallest absolute Gasteiger partial charge is 0 e. The van der Waals surface area contributed by atoms with Crippen molar-refractivity contribution in [1.82, 2.24) is 0 Å². The maximum Gasteiger partial charge on any atom is 0 e. The van der Waals surface area contributed by atoms with E-state index in [9.17, 15) is 0 Å². The Morgan fingerprint density at radius 3 is 1.61 bits per heavy atom. The van der Waals surface area contributed by atoms with Crippen molar-refractivity contribution in [3.8, 4) is 0 Å². The summed E-state index contributed by atoms with van der Waals surface area (Å²) in [6, 6.07) is 10.5. The van der Waals surface area contributed by atoms with E-state index in [2.05, 4.69) is 56.0 Å². The standard InChI is InChI=1S/C12H11.C5H5.Fe/c1-2-6-11(7-3-1)10-12-8-4-5-9-12;1-2-4-5-3-1;/h1-9H,10H2;1-5H;. The molecule has 1 aromatic rings. The Hall–Kier alpha value is -0.261. The van der Waals surface area contributed by atoms with Crippen LogP contribution in [0.3, 0.4) is 0 Å². The second-order valence-corrected chi connectivity index (χ2v) is 3.92. The van der Waals surface area contributed by atoms with E-state index in [4.69, 9.17) is 0 Å². The molecular formula is C17H16Fe. The van der Waals surface area contributed by atoms with Gasteiger partial charge in [0.25, 0.3) is 0 Å². The first kappa shape index (κ1) is 15.8. The summed E-state index contributed by atoms with van der Waals surface area (Å²) in [4.78, 5) is 0. The molecule has 2 saturated carbocycles. The Morgan fingerprint density at radius 2 is 1.11 bits per heavy atom. The molecule has 2 fully saturated rings. The molecule has 0 spiro atoms. The van der Waals surface area contributed by atoms with Crippen LogP contribution in [0.1, 0.15) is 5.56 Å². The first-order valence-electron chi connectivity index (χ1n) is 5.86. The minimum absolute atomic E-state index is 0. The van der Waals surface area contributed by atoms with Crippen molar-refractivity contribution in [2.45, 2.75) is 6.42 Å². The van der Waals surface area contributed by atoms with Crippen LogP contribution in [-0.2, 0) is 23.5 Å². The summed E-state index contributed by atoms with van der Waals surface area (Å²) >= 11 is 0. The van der Waals surface area contributed by atoms with Gasteiger partial charge in [-0.3, -0.25) is 0 Å². The van der Waals surface area contributed by atoms with Crippen LogP contribution in [0, 0.1) is 63.7 Å². The van der Waals surface area contributed by atoms with Gasteiger partial charge in [-0.1, -0.05) is 30.3 Å². The number of rotatable bonds is 2. The van der Waals surface area contributed by atoms with E-state index in [0.29, 0.717) is 0 Å². The maximum absolute atomic E-state index is 2.16. The van der Waals surface area contributed by atoms with Crippen molar-refractivity contribution < 1.29 is 17.1 Å². The predicted octanol–water partition coefficient (Wildman–Crippen LogP) is 3.65. The van der Waals surface area contributed by atoms with Crippen molar-refractivity contribution >= 4 is 0 Å². The molecule has 0 atom stereocenters. The van der Waals surface area contributed by atoms with E-state index in [1.165, 1.54) is 11.5 Å². The summed E-state index contributed by atoms with van der Waals surface area (Å²) in [6.07, 6.45) is 19.5. The normalized spacial score (nSPS) is 18.9. The van der Waals surface area contributed by atoms with Crippen molar-refractivity contribution in [3.63, 3.8) is 0 Å². The fourth-order valence-corrected chi connectivity index (χ4v) is 1.68. The molecule has 1 heteroatoms. The molecule has 0 saturated heterocycles. The summed E-state index contributed by atoms with van der Waals surface area (Å²) in [7, 11) is 0. The van der Waals surface area contributed by atoms with Gasteiger partial charge in [0.15, 0.2) is 0 Å². The van der Waals surface area contributed by atoms with Crippen LogP contribution < -0.4 is 0 Å². The Balaban J connectivity index is 0.000000230. The topological polar surface area (TPSA) is 0 Å². The summed E-state index contributed by atoms with van der Waals surface area (Å²) in [5.41, 5.74) is 1.38. The van der Waals surface area contributed by atoms with Crippen molar-refractivity contribution in [2.24, 2.45) is 0 Å². The molecular weight excluding hydrogens is 260 g/mol. The van der Waals surface area contributed by atoms with Crippen LogP contribution in [0.25, 0.3) is 0 Å². The van der Waals surface area contributed by atoms with Crippen molar-refractivity contribution in [2.75, 3.05) is 0 Å². The third-order valence-electron chi connectivity index (χ3n) is 2.54. The van der Waals surface area contributed by atoms with Gasteiger partial charge in [-0.25, -0.2) is 0 Å². The van der Waals surface area contributed by atoms with Crippen LogP contribution in [0.4, 0.5) is 0 Å². The Morgan fingerprint density at radius 1 is 0.611 bits per heavy atom. The summed E-state index contributed by atoms with van der Waals surface area (Å²) in [6.45, 7) is 0. The molecule has 1 aromatic carbocycles. The van der Waals surface area contributed by atoms with Gasteiger partial charge in [0.05, 0.1) is 0 Å². The number of hydrogen-bond acceptors (Lipinski definition) is 0. The molecule has 0 aromatic heterocycles. The zero-order chi connectivity index (χ0) is 11.8. The third-order valence-corrected chi connectivity index (χ3v) is 2.54. The van der Waals surface area contributed by atoms with Gasteiger partial charge in [0.1, 0.15) is 0 Å². The molecule has 2 aliphatic rings. The molecule has 10 radical (unpaired) electrons.